The van der Waals surface area contributed by atoms with Gasteiger partial charge in [-0.15, -0.1) is 0 Å². The second kappa shape index (κ2) is 8.42. The molecule has 4 nitrogen and oxygen atoms in total. The summed E-state index contributed by atoms with van der Waals surface area (Å²) in [4.78, 5) is 15.0. The van der Waals surface area contributed by atoms with Crippen molar-refractivity contribution in [1.29, 1.82) is 0 Å². The molecule has 1 aromatic carbocycles. The molecule has 0 aliphatic carbocycles. The Balaban J connectivity index is 0.00000289. The van der Waals surface area contributed by atoms with E-state index in [0.717, 1.165) is 24.2 Å². The van der Waals surface area contributed by atoms with Gasteiger partial charge in [0, 0.05) is 13.1 Å². The van der Waals surface area contributed by atoms with Crippen molar-refractivity contribution in [1.82, 2.24) is 9.80 Å². The van der Waals surface area contributed by atoms with Crippen LogP contribution in [0.4, 0.5) is 0 Å². The first-order valence-corrected chi connectivity index (χ1v) is 5.52. The van der Waals surface area contributed by atoms with E-state index in [1.807, 2.05) is 44.1 Å². The number of hydrogen-bond acceptors (Lipinski definition) is 4. The molecule has 0 atom stereocenters. The first-order chi connectivity index (χ1) is 7.88. The quantitative estimate of drug-likeness (QED) is 0.543. The largest absolute Gasteiger partial charge is 1.00 e. The molecule has 94 valence electrons. The van der Waals surface area contributed by atoms with Gasteiger partial charge in [-0.05, 0) is 57.0 Å². The van der Waals surface area contributed by atoms with E-state index in [0.29, 0.717) is 0 Å². The SMILES string of the molecule is CN(C)Cc1cc(CN(C)C)cc(C(=O)[O-])c1.[K+]. The third-order valence-corrected chi connectivity index (χ3v) is 2.29. The van der Waals surface area contributed by atoms with E-state index in [4.69, 9.17) is 0 Å². The molecule has 0 amide bonds. The summed E-state index contributed by atoms with van der Waals surface area (Å²) in [5.74, 6) is -1.12. The predicted octanol–water partition coefficient (Wildman–Crippen LogP) is -2.82. The molecular weight excluding hydrogens is 255 g/mol. The Bertz CT molecular complexity index is 378. The minimum atomic E-state index is -1.12. The van der Waals surface area contributed by atoms with Crippen LogP contribution in [-0.2, 0) is 13.1 Å². The van der Waals surface area contributed by atoms with Crippen molar-refractivity contribution < 1.29 is 61.3 Å². The topological polar surface area (TPSA) is 46.6 Å². The Morgan fingerprint density at radius 3 is 1.67 bits per heavy atom. The predicted molar refractivity (Wildman–Crippen MR) is 65.6 cm³/mol. The summed E-state index contributed by atoms with van der Waals surface area (Å²) in [6, 6.07) is 5.38. The summed E-state index contributed by atoms with van der Waals surface area (Å²) < 4.78 is 0. The van der Waals surface area contributed by atoms with Gasteiger partial charge >= 0.3 is 51.4 Å². The van der Waals surface area contributed by atoms with E-state index in [9.17, 15) is 9.90 Å². The number of carbonyl (C=O) groups is 1. The van der Waals surface area contributed by atoms with Crippen molar-refractivity contribution in [2.75, 3.05) is 28.2 Å². The monoisotopic (exact) mass is 274 g/mol. The van der Waals surface area contributed by atoms with Crippen molar-refractivity contribution in [3.63, 3.8) is 0 Å². The van der Waals surface area contributed by atoms with Crippen LogP contribution < -0.4 is 56.5 Å². The molecule has 5 heteroatoms. The average Bonchev–Trinajstić information content (AvgIpc) is 2.14. The van der Waals surface area contributed by atoms with Crippen LogP contribution in [-0.4, -0.2) is 44.0 Å². The summed E-state index contributed by atoms with van der Waals surface area (Å²) in [5.41, 5.74) is 2.24. The average molecular weight is 274 g/mol. The zero-order valence-electron chi connectivity index (χ0n) is 11.9. The van der Waals surface area contributed by atoms with Gasteiger partial charge in [0.05, 0.1) is 5.97 Å². The number of hydrogen-bond donors (Lipinski definition) is 0. The van der Waals surface area contributed by atoms with Gasteiger partial charge in [0.15, 0.2) is 0 Å². The van der Waals surface area contributed by atoms with Crippen molar-refractivity contribution in [2.45, 2.75) is 13.1 Å². The maximum absolute atomic E-state index is 10.9. The molecule has 18 heavy (non-hydrogen) atoms. The van der Waals surface area contributed by atoms with Crippen molar-refractivity contribution in [2.24, 2.45) is 0 Å². The first-order valence-electron chi connectivity index (χ1n) is 5.52. The third-order valence-electron chi connectivity index (χ3n) is 2.29. The van der Waals surface area contributed by atoms with Crippen molar-refractivity contribution in [3.8, 4) is 0 Å². The van der Waals surface area contributed by atoms with Crippen LogP contribution in [0, 0.1) is 0 Å². The fraction of sp³-hybridized carbons (Fsp3) is 0.462. The van der Waals surface area contributed by atoms with Crippen molar-refractivity contribution in [3.05, 3.63) is 34.9 Å². The Morgan fingerprint density at radius 1 is 1.00 bits per heavy atom. The number of aromatic carboxylic acids is 1. The summed E-state index contributed by atoms with van der Waals surface area (Å²) in [5, 5.41) is 10.9. The standard InChI is InChI=1S/C13H20N2O2.K/c1-14(2)8-10-5-11(9-15(3)4)7-12(6-10)13(16)17;/h5-7H,8-9H2,1-4H3,(H,16,17);/q;+1/p-1. The van der Waals surface area contributed by atoms with Gasteiger partial charge in [0.1, 0.15) is 0 Å². The van der Waals surface area contributed by atoms with Gasteiger partial charge in [-0.2, -0.15) is 0 Å². The maximum atomic E-state index is 10.9. The summed E-state index contributed by atoms with van der Waals surface area (Å²) >= 11 is 0. The number of nitrogens with zero attached hydrogens (tertiary/aromatic N) is 2. The number of carboxylic acids is 1. The second-order valence-corrected chi connectivity index (χ2v) is 4.80. The van der Waals surface area contributed by atoms with Crippen LogP contribution in [0.3, 0.4) is 0 Å². The Kier molecular flexibility index (Phi) is 8.54. The fourth-order valence-electron chi connectivity index (χ4n) is 1.79. The van der Waals surface area contributed by atoms with E-state index in [1.165, 1.54) is 0 Å². The summed E-state index contributed by atoms with van der Waals surface area (Å²) in [7, 11) is 7.82. The van der Waals surface area contributed by atoms with Gasteiger partial charge < -0.3 is 19.7 Å². The minimum absolute atomic E-state index is 0. The Hall–Kier alpha value is 0.246. The smallest absolute Gasteiger partial charge is 0.545 e. The van der Waals surface area contributed by atoms with Crippen LogP contribution in [0.1, 0.15) is 21.5 Å². The molecule has 0 radical (unpaired) electrons. The number of rotatable bonds is 5. The van der Waals surface area contributed by atoms with E-state index < -0.39 is 5.97 Å². The van der Waals surface area contributed by atoms with Crippen molar-refractivity contribution >= 4 is 5.97 Å². The van der Waals surface area contributed by atoms with Gasteiger partial charge in [0.25, 0.3) is 0 Å². The van der Waals surface area contributed by atoms with Crippen LogP contribution in [0.2, 0.25) is 0 Å². The van der Waals surface area contributed by atoms with Gasteiger partial charge in [-0.25, -0.2) is 0 Å². The molecular formula is C13H19KN2O2. The van der Waals surface area contributed by atoms with E-state index in [2.05, 4.69) is 0 Å². The Morgan fingerprint density at radius 2 is 1.39 bits per heavy atom. The van der Waals surface area contributed by atoms with Crippen LogP contribution in [0.5, 0.6) is 0 Å². The molecule has 0 fully saturated rings. The second-order valence-electron chi connectivity index (χ2n) is 4.80. The summed E-state index contributed by atoms with van der Waals surface area (Å²) in [6.45, 7) is 1.45. The molecule has 0 saturated heterocycles. The number of benzene rings is 1. The number of carboxylic acid groups (broad SMARTS) is 1. The van der Waals surface area contributed by atoms with E-state index >= 15 is 0 Å². The summed E-state index contributed by atoms with van der Waals surface area (Å²) in [6.07, 6.45) is 0. The van der Waals surface area contributed by atoms with E-state index in [-0.39, 0.29) is 56.9 Å². The molecule has 0 spiro atoms. The molecule has 0 aliphatic rings. The first kappa shape index (κ1) is 18.2. The normalized spacial score (nSPS) is 10.6. The molecule has 0 bridgehead atoms. The van der Waals surface area contributed by atoms with Gasteiger partial charge in [-0.1, -0.05) is 6.07 Å². The van der Waals surface area contributed by atoms with Crippen LogP contribution in [0.15, 0.2) is 18.2 Å². The molecule has 0 saturated carbocycles. The molecule has 1 aromatic rings. The molecule has 1 rings (SSSR count). The molecule has 0 heterocycles. The maximum Gasteiger partial charge on any atom is 1.00 e. The molecule has 0 aliphatic heterocycles. The van der Waals surface area contributed by atoms with Gasteiger partial charge in [-0.3, -0.25) is 0 Å². The van der Waals surface area contributed by atoms with Gasteiger partial charge in [0.2, 0.25) is 0 Å². The zero-order chi connectivity index (χ0) is 13.0. The molecule has 0 aromatic heterocycles. The van der Waals surface area contributed by atoms with E-state index in [1.54, 1.807) is 12.1 Å². The molecule has 0 N–H and O–H groups in total. The van der Waals surface area contributed by atoms with Crippen LogP contribution in [0.25, 0.3) is 0 Å². The third kappa shape index (κ3) is 6.42. The Labute approximate surface area is 151 Å². The fourth-order valence-corrected chi connectivity index (χ4v) is 1.79. The molecule has 0 unspecified atom stereocenters. The van der Waals surface area contributed by atoms with Crippen LogP contribution >= 0.6 is 0 Å². The zero-order valence-corrected chi connectivity index (χ0v) is 15.0. The minimum Gasteiger partial charge on any atom is -0.545 e. The number of carbonyl (C=O) groups excluding carboxylic acids is 1.